The van der Waals surface area contributed by atoms with Crippen LogP contribution in [-0.4, -0.2) is 17.4 Å². The van der Waals surface area contributed by atoms with Crippen LogP contribution < -0.4 is 10.1 Å². The Kier molecular flexibility index (Phi) is 6.52. The number of hydrogen-bond donors (Lipinski definition) is 1. The van der Waals surface area contributed by atoms with Gasteiger partial charge >= 0.3 is 0 Å². The van der Waals surface area contributed by atoms with E-state index in [0.29, 0.717) is 17.0 Å². The third-order valence-electron chi connectivity index (χ3n) is 3.59. The molecule has 0 bridgehead atoms. The number of non-ortho nitro benzene ring substituents is 1. The number of ether oxygens (including phenoxy) is 1. The standard InChI is InChI=1S/C18H19BrN2O4/c1-3-4-13-5-8-17(15(19)10-13)25-11-18(22)20-16-7-6-14(21(23)24)9-12(16)2/h5-10H,3-4,11H2,1-2H3,(H,20,22). The van der Waals surface area contributed by atoms with Crippen molar-refractivity contribution in [2.75, 3.05) is 11.9 Å². The fourth-order valence-corrected chi connectivity index (χ4v) is 2.88. The second-order valence-electron chi connectivity index (χ2n) is 5.61. The minimum atomic E-state index is -0.471. The second kappa shape index (κ2) is 8.62. The van der Waals surface area contributed by atoms with Crippen LogP contribution in [0.4, 0.5) is 11.4 Å². The number of halogens is 1. The van der Waals surface area contributed by atoms with Crippen LogP contribution in [0.1, 0.15) is 24.5 Å². The van der Waals surface area contributed by atoms with Gasteiger partial charge in [0.25, 0.3) is 11.6 Å². The highest BCUT2D eigenvalue weighted by Gasteiger charge is 2.11. The molecule has 6 nitrogen and oxygen atoms in total. The molecule has 0 aliphatic heterocycles. The molecule has 0 aliphatic carbocycles. The van der Waals surface area contributed by atoms with Crippen LogP contribution in [0.2, 0.25) is 0 Å². The number of nitrogens with zero attached hydrogens (tertiary/aromatic N) is 1. The number of anilines is 1. The zero-order valence-corrected chi connectivity index (χ0v) is 15.6. The number of hydrogen-bond acceptors (Lipinski definition) is 4. The highest BCUT2D eigenvalue weighted by molar-refractivity contribution is 9.10. The average Bonchev–Trinajstić information content (AvgIpc) is 2.56. The van der Waals surface area contributed by atoms with Gasteiger partial charge in [-0.15, -0.1) is 0 Å². The lowest BCUT2D eigenvalue weighted by atomic mass is 10.1. The fourth-order valence-electron chi connectivity index (χ4n) is 2.34. The van der Waals surface area contributed by atoms with Crippen LogP contribution >= 0.6 is 15.9 Å². The van der Waals surface area contributed by atoms with Crippen LogP contribution in [-0.2, 0) is 11.2 Å². The molecule has 0 aromatic heterocycles. The minimum absolute atomic E-state index is 0.0113. The number of aryl methyl sites for hydroxylation is 2. The van der Waals surface area contributed by atoms with Crippen molar-refractivity contribution in [2.24, 2.45) is 0 Å². The van der Waals surface area contributed by atoms with Gasteiger partial charge < -0.3 is 10.1 Å². The summed E-state index contributed by atoms with van der Waals surface area (Å²) in [5.74, 6) is 0.261. The van der Waals surface area contributed by atoms with E-state index in [0.717, 1.165) is 17.3 Å². The SMILES string of the molecule is CCCc1ccc(OCC(=O)Nc2ccc([N+](=O)[O-])cc2C)c(Br)c1. The van der Waals surface area contributed by atoms with Crippen LogP contribution in [0.5, 0.6) is 5.75 Å². The molecular weight excluding hydrogens is 388 g/mol. The van der Waals surface area contributed by atoms with Crippen molar-refractivity contribution in [3.63, 3.8) is 0 Å². The maximum atomic E-state index is 12.1. The summed E-state index contributed by atoms with van der Waals surface area (Å²) in [5, 5.41) is 13.4. The molecule has 0 radical (unpaired) electrons. The molecule has 132 valence electrons. The largest absolute Gasteiger partial charge is 0.483 e. The van der Waals surface area contributed by atoms with Gasteiger partial charge in [0, 0.05) is 17.8 Å². The molecule has 2 rings (SSSR count). The molecule has 1 amide bonds. The summed E-state index contributed by atoms with van der Waals surface area (Å²) in [6, 6.07) is 10.1. The summed E-state index contributed by atoms with van der Waals surface area (Å²) in [4.78, 5) is 22.3. The molecule has 0 atom stereocenters. The lowest BCUT2D eigenvalue weighted by Gasteiger charge is -2.11. The summed E-state index contributed by atoms with van der Waals surface area (Å²) in [5.41, 5.74) is 2.33. The quantitative estimate of drug-likeness (QED) is 0.536. The molecule has 0 spiro atoms. The number of nitro benzene ring substituents is 1. The minimum Gasteiger partial charge on any atom is -0.483 e. The lowest BCUT2D eigenvalue weighted by Crippen LogP contribution is -2.20. The van der Waals surface area contributed by atoms with E-state index in [9.17, 15) is 14.9 Å². The predicted molar refractivity (Wildman–Crippen MR) is 100 cm³/mol. The third kappa shape index (κ3) is 5.29. The van der Waals surface area contributed by atoms with Crippen LogP contribution in [0.15, 0.2) is 40.9 Å². The third-order valence-corrected chi connectivity index (χ3v) is 4.21. The molecule has 25 heavy (non-hydrogen) atoms. The lowest BCUT2D eigenvalue weighted by molar-refractivity contribution is -0.384. The highest BCUT2D eigenvalue weighted by atomic mass is 79.9. The van der Waals surface area contributed by atoms with E-state index in [1.165, 1.54) is 23.8 Å². The first kappa shape index (κ1) is 18.9. The van der Waals surface area contributed by atoms with Crippen molar-refractivity contribution in [2.45, 2.75) is 26.7 Å². The summed E-state index contributed by atoms with van der Waals surface area (Å²) < 4.78 is 6.34. The number of nitro groups is 1. The number of benzene rings is 2. The van der Waals surface area contributed by atoms with Crippen molar-refractivity contribution in [1.29, 1.82) is 0 Å². The van der Waals surface area contributed by atoms with Gasteiger partial charge in [0.2, 0.25) is 0 Å². The average molecular weight is 407 g/mol. The van der Waals surface area contributed by atoms with Crippen molar-refractivity contribution < 1.29 is 14.5 Å². The van der Waals surface area contributed by atoms with Crippen molar-refractivity contribution in [3.8, 4) is 5.75 Å². The van der Waals surface area contributed by atoms with E-state index in [-0.39, 0.29) is 18.2 Å². The van der Waals surface area contributed by atoms with E-state index < -0.39 is 4.92 Å². The fraction of sp³-hybridized carbons (Fsp3) is 0.278. The monoisotopic (exact) mass is 406 g/mol. The summed E-state index contributed by atoms with van der Waals surface area (Å²) in [6.07, 6.45) is 2.04. The van der Waals surface area contributed by atoms with Crippen molar-refractivity contribution >= 4 is 33.2 Å². The normalized spacial score (nSPS) is 10.4. The first-order valence-corrected chi connectivity index (χ1v) is 8.66. The Morgan fingerprint density at radius 2 is 2.04 bits per heavy atom. The molecule has 1 N–H and O–H groups in total. The molecule has 0 fully saturated rings. The van der Waals surface area contributed by atoms with Gasteiger partial charge in [0.1, 0.15) is 5.75 Å². The Labute approximate surface area is 154 Å². The smallest absolute Gasteiger partial charge is 0.269 e. The second-order valence-corrected chi connectivity index (χ2v) is 6.46. The maximum absolute atomic E-state index is 12.1. The van der Waals surface area contributed by atoms with Crippen molar-refractivity contribution in [3.05, 3.63) is 62.1 Å². The summed E-state index contributed by atoms with van der Waals surface area (Å²) >= 11 is 3.45. The van der Waals surface area contributed by atoms with E-state index in [4.69, 9.17) is 4.74 Å². The first-order valence-electron chi connectivity index (χ1n) is 7.86. The van der Waals surface area contributed by atoms with Gasteiger partial charge in [-0.2, -0.15) is 0 Å². The van der Waals surface area contributed by atoms with Crippen LogP contribution in [0.3, 0.4) is 0 Å². The summed E-state index contributed by atoms with van der Waals surface area (Å²) in [7, 11) is 0. The Bertz CT molecular complexity index is 793. The van der Waals surface area contributed by atoms with Crippen LogP contribution in [0.25, 0.3) is 0 Å². The Morgan fingerprint density at radius 1 is 1.28 bits per heavy atom. The molecule has 7 heteroatoms. The van der Waals surface area contributed by atoms with Gasteiger partial charge in [-0.1, -0.05) is 19.4 Å². The predicted octanol–water partition coefficient (Wildman–Crippen LogP) is 4.64. The number of nitrogens with one attached hydrogen (secondary N) is 1. The summed E-state index contributed by atoms with van der Waals surface area (Å²) in [6.45, 7) is 3.66. The Morgan fingerprint density at radius 3 is 2.64 bits per heavy atom. The van der Waals surface area contributed by atoms with E-state index in [2.05, 4.69) is 28.2 Å². The zero-order chi connectivity index (χ0) is 18.4. The van der Waals surface area contributed by atoms with E-state index in [1.54, 1.807) is 6.92 Å². The molecule has 2 aromatic carbocycles. The van der Waals surface area contributed by atoms with E-state index >= 15 is 0 Å². The Balaban J connectivity index is 1.96. The van der Waals surface area contributed by atoms with Gasteiger partial charge in [0.05, 0.1) is 9.40 Å². The molecule has 0 unspecified atom stereocenters. The highest BCUT2D eigenvalue weighted by Crippen LogP contribution is 2.27. The first-order chi connectivity index (χ1) is 11.9. The van der Waals surface area contributed by atoms with Gasteiger partial charge in [-0.3, -0.25) is 14.9 Å². The van der Waals surface area contributed by atoms with Gasteiger partial charge in [-0.25, -0.2) is 0 Å². The van der Waals surface area contributed by atoms with Crippen LogP contribution in [0, 0.1) is 17.0 Å². The molecule has 0 aliphatic rings. The molecule has 0 saturated heterocycles. The Hall–Kier alpha value is -2.41. The maximum Gasteiger partial charge on any atom is 0.269 e. The van der Waals surface area contributed by atoms with Gasteiger partial charge in [-0.05, 0) is 58.6 Å². The van der Waals surface area contributed by atoms with Gasteiger partial charge in [0.15, 0.2) is 6.61 Å². The molecule has 0 heterocycles. The molecule has 0 saturated carbocycles. The molecule has 2 aromatic rings. The topological polar surface area (TPSA) is 81.5 Å². The number of amides is 1. The zero-order valence-electron chi connectivity index (χ0n) is 14.0. The number of carbonyl (C=O) groups excluding carboxylic acids is 1. The number of carbonyl (C=O) groups is 1. The van der Waals surface area contributed by atoms with E-state index in [1.807, 2.05) is 18.2 Å². The molecular formula is C18H19BrN2O4. The number of rotatable bonds is 7. The van der Waals surface area contributed by atoms with Crippen molar-refractivity contribution in [1.82, 2.24) is 0 Å².